The molecule has 1 heterocycles. The van der Waals surface area contributed by atoms with Gasteiger partial charge in [0.05, 0.1) is 19.3 Å². The van der Waals surface area contributed by atoms with Gasteiger partial charge in [0.2, 0.25) is 5.91 Å². The van der Waals surface area contributed by atoms with E-state index in [4.69, 9.17) is 9.47 Å². The molecule has 1 amide bonds. The van der Waals surface area contributed by atoms with Gasteiger partial charge in [0, 0.05) is 18.8 Å². The summed E-state index contributed by atoms with van der Waals surface area (Å²) in [6, 6.07) is 5.66. The monoisotopic (exact) mass is 306 g/mol. The van der Waals surface area contributed by atoms with Gasteiger partial charge in [-0.2, -0.15) is 0 Å². The van der Waals surface area contributed by atoms with Crippen LogP contribution in [0.15, 0.2) is 18.2 Å². The molecule has 1 aromatic rings. The molecular formula is C17H26N2O3. The predicted octanol–water partition coefficient (Wildman–Crippen LogP) is 2.44. The predicted molar refractivity (Wildman–Crippen MR) is 87.4 cm³/mol. The third kappa shape index (κ3) is 4.37. The molecule has 1 fully saturated rings. The molecule has 22 heavy (non-hydrogen) atoms. The minimum atomic E-state index is -0.255. The van der Waals surface area contributed by atoms with E-state index in [1.165, 1.54) is 0 Å². The van der Waals surface area contributed by atoms with Crippen LogP contribution in [-0.4, -0.2) is 49.3 Å². The number of aryl methyl sites for hydroxylation is 1. The average Bonchev–Trinajstić information content (AvgIpc) is 2.49. The van der Waals surface area contributed by atoms with Gasteiger partial charge in [-0.3, -0.25) is 4.79 Å². The summed E-state index contributed by atoms with van der Waals surface area (Å²) >= 11 is 0. The van der Waals surface area contributed by atoms with Crippen LogP contribution in [0.25, 0.3) is 0 Å². The first-order valence-electron chi connectivity index (χ1n) is 7.87. The first-order chi connectivity index (χ1) is 10.5. The van der Waals surface area contributed by atoms with Gasteiger partial charge in [-0.25, -0.2) is 0 Å². The van der Waals surface area contributed by atoms with Crippen molar-refractivity contribution in [2.24, 2.45) is 0 Å². The molecule has 2 rings (SSSR count). The van der Waals surface area contributed by atoms with E-state index in [1.807, 2.05) is 50.8 Å². The second kappa shape index (κ2) is 7.49. The smallest absolute Gasteiger partial charge is 0.244 e. The highest BCUT2D eigenvalue weighted by Gasteiger charge is 2.22. The summed E-state index contributed by atoms with van der Waals surface area (Å²) in [6.45, 7) is 10.5. The van der Waals surface area contributed by atoms with Crippen molar-refractivity contribution in [3.8, 4) is 5.75 Å². The maximum absolute atomic E-state index is 12.4. The van der Waals surface area contributed by atoms with Crippen LogP contribution in [0.3, 0.4) is 0 Å². The highest BCUT2D eigenvalue weighted by molar-refractivity contribution is 5.84. The molecule has 1 atom stereocenters. The van der Waals surface area contributed by atoms with Crippen LogP contribution in [0, 0.1) is 6.92 Å². The van der Waals surface area contributed by atoms with Gasteiger partial charge < -0.3 is 19.7 Å². The lowest BCUT2D eigenvalue weighted by atomic mass is 10.1. The van der Waals surface area contributed by atoms with Crippen LogP contribution in [-0.2, 0) is 9.53 Å². The van der Waals surface area contributed by atoms with E-state index in [0.717, 1.165) is 17.0 Å². The van der Waals surface area contributed by atoms with E-state index in [0.29, 0.717) is 26.3 Å². The van der Waals surface area contributed by atoms with Crippen LogP contribution >= 0.6 is 0 Å². The Balaban J connectivity index is 1.97. The number of carbonyl (C=O) groups is 1. The van der Waals surface area contributed by atoms with Crippen molar-refractivity contribution in [3.63, 3.8) is 0 Å². The Labute approximate surface area is 132 Å². The Morgan fingerprint density at radius 1 is 1.27 bits per heavy atom. The molecule has 5 nitrogen and oxygen atoms in total. The largest absolute Gasteiger partial charge is 0.491 e. The number of nitrogens with zero attached hydrogens (tertiary/aromatic N) is 1. The summed E-state index contributed by atoms with van der Waals surface area (Å²) in [5.41, 5.74) is 1.99. The van der Waals surface area contributed by atoms with Gasteiger partial charge in [-0.05, 0) is 51.5 Å². The standard InChI is InChI=1S/C17H26N2O3/c1-12(2)22-16-6-5-15(11-13(16)3)18-14(4)17(20)19-7-9-21-10-8-19/h5-6,11-12,14,18H,7-10H2,1-4H3. The van der Waals surface area contributed by atoms with Gasteiger partial charge in [0.25, 0.3) is 0 Å². The highest BCUT2D eigenvalue weighted by Crippen LogP contribution is 2.23. The number of anilines is 1. The molecule has 1 aromatic carbocycles. The van der Waals surface area contributed by atoms with Crippen molar-refractivity contribution in [2.75, 3.05) is 31.6 Å². The first-order valence-corrected chi connectivity index (χ1v) is 7.87. The molecule has 0 aliphatic carbocycles. The van der Waals surface area contributed by atoms with E-state index in [9.17, 15) is 4.79 Å². The zero-order valence-electron chi connectivity index (χ0n) is 13.9. The topological polar surface area (TPSA) is 50.8 Å². The number of carbonyl (C=O) groups excluding carboxylic acids is 1. The van der Waals surface area contributed by atoms with Crippen molar-refractivity contribution < 1.29 is 14.3 Å². The number of nitrogens with one attached hydrogen (secondary N) is 1. The van der Waals surface area contributed by atoms with Crippen LogP contribution < -0.4 is 10.1 Å². The van der Waals surface area contributed by atoms with Crippen molar-refractivity contribution in [1.82, 2.24) is 4.90 Å². The number of ether oxygens (including phenoxy) is 2. The summed E-state index contributed by atoms with van der Waals surface area (Å²) < 4.78 is 11.0. The third-order valence-electron chi connectivity index (χ3n) is 3.61. The quantitative estimate of drug-likeness (QED) is 0.908. The van der Waals surface area contributed by atoms with Crippen molar-refractivity contribution in [2.45, 2.75) is 39.8 Å². The molecule has 0 saturated carbocycles. The van der Waals surface area contributed by atoms with Crippen molar-refractivity contribution in [1.29, 1.82) is 0 Å². The molecule has 1 aliphatic rings. The molecule has 5 heteroatoms. The second-order valence-corrected chi connectivity index (χ2v) is 5.95. The van der Waals surface area contributed by atoms with E-state index in [2.05, 4.69) is 5.32 Å². The van der Waals surface area contributed by atoms with E-state index < -0.39 is 0 Å². The normalized spacial score (nSPS) is 16.5. The van der Waals surface area contributed by atoms with E-state index >= 15 is 0 Å². The van der Waals surface area contributed by atoms with Crippen LogP contribution in [0.4, 0.5) is 5.69 Å². The Kier molecular flexibility index (Phi) is 5.66. The zero-order chi connectivity index (χ0) is 16.1. The summed E-state index contributed by atoms with van der Waals surface area (Å²) in [5, 5.41) is 3.27. The van der Waals surface area contributed by atoms with Crippen molar-refractivity contribution in [3.05, 3.63) is 23.8 Å². The second-order valence-electron chi connectivity index (χ2n) is 5.95. The molecular weight excluding hydrogens is 280 g/mol. The highest BCUT2D eigenvalue weighted by atomic mass is 16.5. The number of hydrogen-bond acceptors (Lipinski definition) is 4. The lowest BCUT2D eigenvalue weighted by Gasteiger charge is -2.29. The van der Waals surface area contributed by atoms with Gasteiger partial charge in [-0.1, -0.05) is 0 Å². The number of hydrogen-bond donors (Lipinski definition) is 1. The Morgan fingerprint density at radius 3 is 2.55 bits per heavy atom. The fourth-order valence-electron chi connectivity index (χ4n) is 2.49. The molecule has 1 saturated heterocycles. The molecule has 1 unspecified atom stereocenters. The van der Waals surface area contributed by atoms with Crippen molar-refractivity contribution >= 4 is 11.6 Å². The Bertz CT molecular complexity index is 511. The average molecular weight is 306 g/mol. The molecule has 1 aliphatic heterocycles. The SMILES string of the molecule is Cc1cc(NC(C)C(=O)N2CCOCC2)ccc1OC(C)C. The van der Waals surface area contributed by atoms with Gasteiger partial charge in [0.15, 0.2) is 0 Å². The summed E-state index contributed by atoms with van der Waals surface area (Å²) in [7, 11) is 0. The Hall–Kier alpha value is -1.75. The Morgan fingerprint density at radius 2 is 1.95 bits per heavy atom. The summed E-state index contributed by atoms with van der Waals surface area (Å²) in [4.78, 5) is 14.2. The van der Waals surface area contributed by atoms with Gasteiger partial charge in [-0.15, -0.1) is 0 Å². The van der Waals surface area contributed by atoms with Gasteiger partial charge in [0.1, 0.15) is 11.8 Å². The van der Waals surface area contributed by atoms with Crippen LogP contribution in [0.1, 0.15) is 26.3 Å². The fraction of sp³-hybridized carbons (Fsp3) is 0.588. The molecule has 0 radical (unpaired) electrons. The van der Waals surface area contributed by atoms with Crippen LogP contribution in [0.2, 0.25) is 0 Å². The first kappa shape index (κ1) is 16.6. The minimum Gasteiger partial charge on any atom is -0.491 e. The maximum atomic E-state index is 12.4. The lowest BCUT2D eigenvalue weighted by Crippen LogP contribution is -2.47. The summed E-state index contributed by atoms with van der Waals surface area (Å²) in [5.74, 6) is 0.996. The molecule has 1 N–H and O–H groups in total. The van der Waals surface area contributed by atoms with E-state index in [-0.39, 0.29) is 18.1 Å². The third-order valence-corrected chi connectivity index (χ3v) is 3.61. The fourth-order valence-corrected chi connectivity index (χ4v) is 2.49. The molecule has 122 valence electrons. The van der Waals surface area contributed by atoms with Crippen LogP contribution in [0.5, 0.6) is 5.75 Å². The number of morpholine rings is 1. The number of rotatable bonds is 5. The maximum Gasteiger partial charge on any atom is 0.244 e. The number of benzene rings is 1. The number of amides is 1. The molecule has 0 spiro atoms. The minimum absolute atomic E-state index is 0.114. The molecule has 0 aromatic heterocycles. The summed E-state index contributed by atoms with van der Waals surface area (Å²) in [6.07, 6.45) is 0.152. The zero-order valence-corrected chi connectivity index (χ0v) is 13.9. The lowest BCUT2D eigenvalue weighted by molar-refractivity contribution is -0.135. The van der Waals surface area contributed by atoms with Gasteiger partial charge >= 0.3 is 0 Å². The molecule has 0 bridgehead atoms. The van der Waals surface area contributed by atoms with E-state index in [1.54, 1.807) is 0 Å².